The van der Waals surface area contributed by atoms with Crippen molar-refractivity contribution >= 4 is 35.0 Å². The van der Waals surface area contributed by atoms with E-state index in [1.165, 1.54) is 6.07 Å². The van der Waals surface area contributed by atoms with Crippen molar-refractivity contribution < 1.29 is 32.2 Å². The summed E-state index contributed by atoms with van der Waals surface area (Å²) in [6, 6.07) is 9.29. The summed E-state index contributed by atoms with van der Waals surface area (Å²) in [5.41, 5.74) is 0.608. The van der Waals surface area contributed by atoms with Gasteiger partial charge < -0.3 is 25.4 Å². The highest BCUT2D eigenvalue weighted by molar-refractivity contribution is 6.31. The number of amides is 3. The van der Waals surface area contributed by atoms with Gasteiger partial charge in [0.1, 0.15) is 29.2 Å². The van der Waals surface area contributed by atoms with Crippen LogP contribution in [-0.2, 0) is 17.4 Å². The highest BCUT2D eigenvalue weighted by Crippen LogP contribution is 2.54. The highest BCUT2D eigenvalue weighted by Gasteiger charge is 2.59. The zero-order valence-electron chi connectivity index (χ0n) is 18.9. The molecule has 3 amide bonds. The Bertz CT molecular complexity index is 1450. The Kier molecular flexibility index (Phi) is 5.41. The van der Waals surface area contributed by atoms with Crippen molar-refractivity contribution in [1.29, 1.82) is 0 Å². The van der Waals surface area contributed by atoms with Gasteiger partial charge >= 0.3 is 12.2 Å². The van der Waals surface area contributed by atoms with Gasteiger partial charge in [0.15, 0.2) is 0 Å². The largest absolute Gasteiger partial charge is 0.487 e. The average Bonchev–Trinajstić information content (AvgIpc) is 3.35. The Morgan fingerprint density at radius 2 is 2.00 bits per heavy atom. The van der Waals surface area contributed by atoms with Crippen LogP contribution in [0.15, 0.2) is 48.7 Å². The number of nitrogens with zero attached hydrogens (tertiary/aromatic N) is 1. The third-order valence-electron chi connectivity index (χ3n) is 6.49. The Hall–Kier alpha value is -3.99. The Balaban J connectivity index is 1.13. The van der Waals surface area contributed by atoms with Gasteiger partial charge in [0, 0.05) is 29.4 Å². The van der Waals surface area contributed by atoms with Gasteiger partial charge in [-0.05, 0) is 48.9 Å². The summed E-state index contributed by atoms with van der Waals surface area (Å²) in [6.07, 6.45) is -2.50. The SMILES string of the molecule is O=C1CCc2c(Oc3ccc4c(c3)[C@H]3[C@@H](NC(=O)Nc5ccc(Cl)c(C(F)(F)F)c5)[C@H]3O4)ccnc2N1. The van der Waals surface area contributed by atoms with E-state index in [0.29, 0.717) is 35.9 Å². The zero-order chi connectivity index (χ0) is 25.9. The number of ether oxygens (including phenoxy) is 2. The number of alkyl halides is 3. The van der Waals surface area contributed by atoms with Gasteiger partial charge in [-0.2, -0.15) is 13.2 Å². The van der Waals surface area contributed by atoms with Crippen molar-refractivity contribution in [1.82, 2.24) is 10.3 Å². The van der Waals surface area contributed by atoms with Crippen LogP contribution in [0, 0.1) is 0 Å². The van der Waals surface area contributed by atoms with Crippen molar-refractivity contribution in [2.24, 2.45) is 0 Å². The van der Waals surface area contributed by atoms with Gasteiger partial charge in [-0.25, -0.2) is 9.78 Å². The molecule has 1 fully saturated rings. The number of rotatable bonds is 4. The van der Waals surface area contributed by atoms with Crippen LogP contribution in [-0.4, -0.2) is 29.1 Å². The number of carbonyl (C=O) groups excluding carboxylic acids is 2. The minimum absolute atomic E-state index is 0.0334. The standard InChI is InChI=1S/C25H18ClF3N4O4/c26-16-4-1-11(9-15(16)25(27,28)29)31-24(35)33-21-20-14-10-12(2-5-17(14)37-22(20)21)36-18-7-8-30-23-13(18)3-6-19(34)32-23/h1-2,4-5,7-10,20-22H,3,6H2,(H,30,32,34)(H2,31,33,35)/t20-,21+,22-/m0/s1. The Morgan fingerprint density at radius 1 is 1.16 bits per heavy atom. The summed E-state index contributed by atoms with van der Waals surface area (Å²) in [4.78, 5) is 28.3. The maximum Gasteiger partial charge on any atom is 0.417 e. The maximum atomic E-state index is 13.1. The van der Waals surface area contributed by atoms with E-state index in [4.69, 9.17) is 21.1 Å². The van der Waals surface area contributed by atoms with Crippen molar-refractivity contribution in [3.8, 4) is 17.2 Å². The van der Waals surface area contributed by atoms with E-state index in [0.717, 1.165) is 23.3 Å². The predicted octanol–water partition coefficient (Wildman–Crippen LogP) is 5.48. The third kappa shape index (κ3) is 4.39. The van der Waals surface area contributed by atoms with Crippen LogP contribution in [0.2, 0.25) is 5.02 Å². The fraction of sp³-hybridized carbons (Fsp3) is 0.240. The molecule has 3 aliphatic rings. The molecule has 37 heavy (non-hydrogen) atoms. The zero-order valence-corrected chi connectivity index (χ0v) is 19.6. The van der Waals surface area contributed by atoms with Crippen LogP contribution in [0.1, 0.15) is 29.0 Å². The second-order valence-corrected chi connectivity index (χ2v) is 9.32. The van der Waals surface area contributed by atoms with Crippen molar-refractivity contribution in [2.45, 2.75) is 37.1 Å². The second-order valence-electron chi connectivity index (χ2n) is 8.91. The monoisotopic (exact) mass is 530 g/mol. The first-order valence-electron chi connectivity index (χ1n) is 11.4. The van der Waals surface area contributed by atoms with E-state index in [1.54, 1.807) is 24.4 Å². The fourth-order valence-electron chi connectivity index (χ4n) is 4.70. The van der Waals surface area contributed by atoms with Crippen molar-refractivity contribution in [2.75, 3.05) is 10.6 Å². The lowest BCUT2D eigenvalue weighted by Gasteiger charge is -2.19. The average molecular weight is 531 g/mol. The summed E-state index contributed by atoms with van der Waals surface area (Å²) in [5, 5.41) is 7.46. The lowest BCUT2D eigenvalue weighted by Crippen LogP contribution is -2.34. The number of hydrogen-bond acceptors (Lipinski definition) is 5. The molecule has 3 heterocycles. The summed E-state index contributed by atoms with van der Waals surface area (Å²) >= 11 is 5.63. The van der Waals surface area contributed by atoms with E-state index >= 15 is 0 Å². The van der Waals surface area contributed by atoms with E-state index in [2.05, 4.69) is 20.9 Å². The van der Waals surface area contributed by atoms with Gasteiger partial charge in [0.05, 0.1) is 22.5 Å². The molecular weight excluding hydrogens is 513 g/mol. The molecule has 0 bridgehead atoms. The van der Waals surface area contributed by atoms with Gasteiger partial charge in [0.25, 0.3) is 0 Å². The van der Waals surface area contributed by atoms with Gasteiger partial charge in [0.2, 0.25) is 5.91 Å². The molecule has 2 aliphatic heterocycles. The quantitative estimate of drug-likeness (QED) is 0.415. The number of urea groups is 1. The first-order valence-corrected chi connectivity index (χ1v) is 11.8. The van der Waals surface area contributed by atoms with Gasteiger partial charge in [-0.1, -0.05) is 11.6 Å². The topological polar surface area (TPSA) is 102 Å². The van der Waals surface area contributed by atoms with Crippen molar-refractivity contribution in [3.05, 3.63) is 70.4 Å². The normalized spacial score (nSPS) is 21.1. The molecule has 190 valence electrons. The van der Waals surface area contributed by atoms with Crippen LogP contribution in [0.25, 0.3) is 0 Å². The number of hydrogen-bond donors (Lipinski definition) is 3. The molecule has 0 saturated heterocycles. The summed E-state index contributed by atoms with van der Waals surface area (Å²) < 4.78 is 51.3. The number of pyridine rings is 1. The molecule has 2 aromatic carbocycles. The minimum atomic E-state index is -4.64. The lowest BCUT2D eigenvalue weighted by molar-refractivity contribution is -0.137. The van der Waals surface area contributed by atoms with E-state index in [9.17, 15) is 22.8 Å². The van der Waals surface area contributed by atoms with Gasteiger partial charge in [-0.15, -0.1) is 0 Å². The van der Waals surface area contributed by atoms with Crippen LogP contribution < -0.4 is 25.4 Å². The predicted molar refractivity (Wildman–Crippen MR) is 127 cm³/mol. The molecule has 8 nitrogen and oxygen atoms in total. The van der Waals surface area contributed by atoms with Crippen LogP contribution >= 0.6 is 11.6 Å². The maximum absolute atomic E-state index is 13.1. The summed E-state index contributed by atoms with van der Waals surface area (Å²) in [7, 11) is 0. The molecule has 3 atom stereocenters. The van der Waals surface area contributed by atoms with E-state index in [-0.39, 0.29) is 29.7 Å². The molecule has 0 radical (unpaired) electrons. The molecule has 1 saturated carbocycles. The van der Waals surface area contributed by atoms with Crippen LogP contribution in [0.5, 0.6) is 17.2 Å². The lowest BCUT2D eigenvalue weighted by atomic mass is 10.1. The number of aromatic nitrogens is 1. The number of halogens is 4. The third-order valence-corrected chi connectivity index (χ3v) is 6.81. The van der Waals surface area contributed by atoms with Crippen LogP contribution in [0.4, 0.5) is 29.5 Å². The Morgan fingerprint density at radius 3 is 2.81 bits per heavy atom. The highest BCUT2D eigenvalue weighted by atomic mass is 35.5. The number of carbonyl (C=O) groups is 2. The molecule has 0 unspecified atom stereocenters. The fourth-order valence-corrected chi connectivity index (χ4v) is 4.92. The number of benzene rings is 2. The first kappa shape index (κ1) is 23.4. The van der Waals surface area contributed by atoms with E-state index < -0.39 is 22.8 Å². The van der Waals surface area contributed by atoms with Crippen molar-refractivity contribution in [3.63, 3.8) is 0 Å². The molecule has 0 spiro atoms. The smallest absolute Gasteiger partial charge is 0.417 e. The molecular formula is C25H18ClF3N4O4. The molecule has 3 N–H and O–H groups in total. The summed E-state index contributed by atoms with van der Waals surface area (Å²) in [5.74, 6) is 2.10. The van der Waals surface area contributed by atoms with Crippen LogP contribution in [0.3, 0.4) is 0 Å². The van der Waals surface area contributed by atoms with Gasteiger partial charge in [-0.3, -0.25) is 4.79 Å². The minimum Gasteiger partial charge on any atom is -0.487 e. The molecule has 6 rings (SSSR count). The number of anilines is 2. The second kappa shape index (κ2) is 8.55. The first-order chi connectivity index (χ1) is 17.7. The Labute approximate surface area is 213 Å². The summed E-state index contributed by atoms with van der Waals surface area (Å²) in [6.45, 7) is 0. The molecule has 12 heteroatoms. The molecule has 1 aliphatic carbocycles. The number of nitrogens with one attached hydrogen (secondary N) is 3. The molecule has 3 aromatic rings. The molecule has 1 aromatic heterocycles. The van der Waals surface area contributed by atoms with E-state index in [1.807, 2.05) is 6.07 Å². The number of fused-ring (bicyclic) bond motifs is 4.